The van der Waals surface area contributed by atoms with Gasteiger partial charge in [0.25, 0.3) is 15.9 Å². The predicted molar refractivity (Wildman–Crippen MR) is 128 cm³/mol. The second-order valence-electron chi connectivity index (χ2n) is 7.19. The van der Waals surface area contributed by atoms with E-state index in [9.17, 15) is 26.4 Å². The topological polar surface area (TPSA) is 128 Å². The number of carbonyl (C=O) groups excluding carboxylic acids is 1. The largest absolute Gasteiger partial charge is 0.490 e. The lowest BCUT2D eigenvalue weighted by Gasteiger charge is -2.31. The molecule has 1 aliphatic rings. The third-order valence-electron chi connectivity index (χ3n) is 4.66. The summed E-state index contributed by atoms with van der Waals surface area (Å²) in [7, 11) is -3.79. The SMILES string of the molecule is CCNC(=O)c1ccc(N2CCNCC2)c(NS(=O)(=O)c2ccc(Br)cc2)c1.O=C(O)C(F)(F)F. The first-order valence-corrected chi connectivity index (χ1v) is 12.6. The number of piperazine rings is 1. The average molecular weight is 581 g/mol. The first kappa shape index (κ1) is 28.4. The molecule has 1 saturated heterocycles. The van der Waals surface area contributed by atoms with Gasteiger partial charge in [0.05, 0.1) is 16.3 Å². The number of carbonyl (C=O) groups is 2. The minimum atomic E-state index is -5.08. The van der Waals surface area contributed by atoms with Gasteiger partial charge in [0.1, 0.15) is 0 Å². The molecular formula is C21H24BrF3N4O5S. The third-order valence-corrected chi connectivity index (χ3v) is 6.57. The van der Waals surface area contributed by atoms with Crippen molar-refractivity contribution in [1.29, 1.82) is 0 Å². The highest BCUT2D eigenvalue weighted by molar-refractivity contribution is 9.10. The van der Waals surface area contributed by atoms with Gasteiger partial charge in [-0.05, 0) is 49.4 Å². The number of rotatable bonds is 6. The molecule has 3 rings (SSSR count). The number of benzene rings is 2. The number of halogens is 4. The van der Waals surface area contributed by atoms with Crippen molar-refractivity contribution in [2.75, 3.05) is 42.3 Å². The number of sulfonamides is 1. The van der Waals surface area contributed by atoms with E-state index < -0.39 is 22.2 Å². The third kappa shape index (κ3) is 8.40. The molecule has 1 amide bonds. The van der Waals surface area contributed by atoms with Gasteiger partial charge in [-0.15, -0.1) is 0 Å². The molecule has 0 unspecified atom stereocenters. The highest BCUT2D eigenvalue weighted by Gasteiger charge is 2.38. The molecule has 2 aromatic carbocycles. The Kier molecular flexibility index (Phi) is 9.92. The monoisotopic (exact) mass is 580 g/mol. The van der Waals surface area contributed by atoms with Crippen LogP contribution >= 0.6 is 15.9 Å². The van der Waals surface area contributed by atoms with Crippen LogP contribution in [0.5, 0.6) is 0 Å². The van der Waals surface area contributed by atoms with Crippen LogP contribution in [0.1, 0.15) is 17.3 Å². The first-order valence-electron chi connectivity index (χ1n) is 10.3. The normalized spacial score (nSPS) is 13.9. The Balaban J connectivity index is 0.000000540. The lowest BCUT2D eigenvalue weighted by molar-refractivity contribution is -0.192. The van der Waals surface area contributed by atoms with E-state index in [2.05, 4.69) is 36.2 Å². The number of hydrogen-bond acceptors (Lipinski definition) is 6. The van der Waals surface area contributed by atoms with Crippen molar-refractivity contribution in [1.82, 2.24) is 10.6 Å². The summed E-state index contributed by atoms with van der Waals surface area (Å²) in [6, 6.07) is 11.5. The fourth-order valence-corrected chi connectivity index (χ4v) is 4.35. The highest BCUT2D eigenvalue weighted by Crippen LogP contribution is 2.30. The summed E-state index contributed by atoms with van der Waals surface area (Å²) in [5.74, 6) is -2.99. The second-order valence-corrected chi connectivity index (χ2v) is 9.79. The van der Waals surface area contributed by atoms with Crippen LogP contribution in [0.2, 0.25) is 0 Å². The van der Waals surface area contributed by atoms with E-state index in [1.54, 1.807) is 30.3 Å². The van der Waals surface area contributed by atoms with Crippen molar-refractivity contribution in [2.45, 2.75) is 18.0 Å². The molecule has 0 atom stereocenters. The number of carboxylic acid groups (broad SMARTS) is 1. The molecule has 1 fully saturated rings. The first-order chi connectivity index (χ1) is 16.3. The molecule has 2 aromatic rings. The molecule has 1 aliphatic heterocycles. The molecule has 0 aromatic heterocycles. The molecule has 0 bridgehead atoms. The summed E-state index contributed by atoms with van der Waals surface area (Å²) >= 11 is 3.31. The molecule has 0 spiro atoms. The maximum absolute atomic E-state index is 12.9. The van der Waals surface area contributed by atoms with Crippen LogP contribution < -0.4 is 20.3 Å². The van der Waals surface area contributed by atoms with Crippen LogP contribution in [0.4, 0.5) is 24.5 Å². The lowest BCUT2D eigenvalue weighted by atomic mass is 10.1. The summed E-state index contributed by atoms with van der Waals surface area (Å²) < 4.78 is 61.0. The van der Waals surface area contributed by atoms with E-state index in [1.165, 1.54) is 12.1 Å². The van der Waals surface area contributed by atoms with Crippen molar-refractivity contribution in [3.05, 3.63) is 52.5 Å². The van der Waals surface area contributed by atoms with Gasteiger partial charge < -0.3 is 20.6 Å². The van der Waals surface area contributed by atoms with Crippen molar-refractivity contribution < 1.29 is 36.3 Å². The number of nitrogens with zero attached hydrogens (tertiary/aromatic N) is 1. The van der Waals surface area contributed by atoms with Gasteiger partial charge in [-0.25, -0.2) is 13.2 Å². The molecule has 0 saturated carbocycles. The number of aliphatic carboxylic acids is 1. The van der Waals surface area contributed by atoms with Gasteiger partial charge in [-0.1, -0.05) is 15.9 Å². The van der Waals surface area contributed by atoms with Crippen LogP contribution in [-0.4, -0.2) is 64.3 Å². The molecule has 192 valence electrons. The van der Waals surface area contributed by atoms with E-state index >= 15 is 0 Å². The number of alkyl halides is 3. The van der Waals surface area contributed by atoms with Gasteiger partial charge in [0.15, 0.2) is 0 Å². The number of hydrogen-bond donors (Lipinski definition) is 4. The van der Waals surface area contributed by atoms with Crippen LogP contribution in [0.25, 0.3) is 0 Å². The van der Waals surface area contributed by atoms with Crippen LogP contribution in [0.3, 0.4) is 0 Å². The number of amides is 1. The highest BCUT2D eigenvalue weighted by atomic mass is 79.9. The fraction of sp³-hybridized carbons (Fsp3) is 0.333. The standard InChI is InChI=1S/C19H23BrN4O3S.C2HF3O2/c1-2-22-19(25)14-3-8-18(24-11-9-21-10-12-24)17(13-14)23-28(26,27)16-6-4-15(20)5-7-16;3-2(4,5)1(6)7/h3-8,13,21,23H,2,9-12H2,1H3,(H,22,25);(H,6,7). The summed E-state index contributed by atoms with van der Waals surface area (Å²) in [6.45, 7) is 5.48. The Morgan fingerprint density at radius 3 is 2.20 bits per heavy atom. The number of nitrogens with one attached hydrogen (secondary N) is 3. The van der Waals surface area contributed by atoms with Crippen molar-refractivity contribution in [3.8, 4) is 0 Å². The molecule has 0 radical (unpaired) electrons. The van der Waals surface area contributed by atoms with Crippen LogP contribution in [-0.2, 0) is 14.8 Å². The maximum Gasteiger partial charge on any atom is 0.490 e. The van der Waals surface area contributed by atoms with Gasteiger partial charge in [0, 0.05) is 42.8 Å². The molecule has 4 N–H and O–H groups in total. The van der Waals surface area contributed by atoms with Gasteiger partial charge in [-0.2, -0.15) is 13.2 Å². The van der Waals surface area contributed by atoms with Gasteiger partial charge in [-0.3, -0.25) is 9.52 Å². The zero-order valence-electron chi connectivity index (χ0n) is 18.5. The van der Waals surface area contributed by atoms with Crippen LogP contribution in [0, 0.1) is 0 Å². The lowest BCUT2D eigenvalue weighted by Crippen LogP contribution is -2.43. The molecule has 0 aliphatic carbocycles. The summed E-state index contributed by atoms with van der Waals surface area (Å²) in [5.41, 5.74) is 1.57. The van der Waals surface area contributed by atoms with Gasteiger partial charge >= 0.3 is 12.1 Å². The molecule has 35 heavy (non-hydrogen) atoms. The zero-order valence-corrected chi connectivity index (χ0v) is 20.9. The van der Waals surface area contributed by atoms with Crippen LogP contribution in [0.15, 0.2) is 51.8 Å². The Morgan fingerprint density at radius 2 is 1.69 bits per heavy atom. The Bertz CT molecular complexity index is 1140. The Morgan fingerprint density at radius 1 is 1.11 bits per heavy atom. The Hall–Kier alpha value is -2.84. The zero-order chi connectivity index (χ0) is 26.2. The fourth-order valence-electron chi connectivity index (χ4n) is 3.02. The molecule has 14 heteroatoms. The smallest absolute Gasteiger partial charge is 0.475 e. The summed E-state index contributed by atoms with van der Waals surface area (Å²) in [5, 5.41) is 13.1. The minimum Gasteiger partial charge on any atom is -0.475 e. The van der Waals surface area contributed by atoms with E-state index in [1.807, 2.05) is 6.92 Å². The van der Waals surface area contributed by atoms with E-state index in [4.69, 9.17) is 9.90 Å². The van der Waals surface area contributed by atoms with E-state index in [0.29, 0.717) is 17.8 Å². The van der Waals surface area contributed by atoms with Gasteiger partial charge in [0.2, 0.25) is 0 Å². The quantitative estimate of drug-likeness (QED) is 0.413. The van der Waals surface area contributed by atoms with Crippen molar-refractivity contribution in [2.24, 2.45) is 0 Å². The Labute approximate surface area is 208 Å². The van der Waals surface area contributed by atoms with Crippen molar-refractivity contribution in [3.63, 3.8) is 0 Å². The predicted octanol–water partition coefficient (Wildman–Crippen LogP) is 3.04. The van der Waals surface area contributed by atoms with Crippen molar-refractivity contribution >= 4 is 49.2 Å². The van der Waals surface area contributed by atoms with E-state index in [-0.39, 0.29) is 10.8 Å². The number of anilines is 2. The second kappa shape index (κ2) is 12.2. The molecule has 1 heterocycles. The van der Waals surface area contributed by atoms with E-state index in [0.717, 1.165) is 36.3 Å². The molecule has 9 nitrogen and oxygen atoms in total. The minimum absolute atomic E-state index is 0.158. The average Bonchev–Trinajstić information content (AvgIpc) is 2.79. The maximum atomic E-state index is 12.9. The summed E-state index contributed by atoms with van der Waals surface area (Å²) in [6.07, 6.45) is -5.08. The number of carboxylic acids is 1. The molecular weight excluding hydrogens is 557 g/mol. The summed E-state index contributed by atoms with van der Waals surface area (Å²) in [4.78, 5) is 23.4.